The molecule has 2 heterocycles. The Balaban J connectivity index is 1.58. The molecule has 3 amide bonds. The van der Waals surface area contributed by atoms with Crippen LogP contribution < -0.4 is 25.0 Å². The zero-order chi connectivity index (χ0) is 22.7. The van der Waals surface area contributed by atoms with E-state index < -0.39 is 35.8 Å². The van der Waals surface area contributed by atoms with Crippen LogP contribution in [0.1, 0.15) is 33.6 Å². The Bertz CT molecular complexity index is 888. The highest BCUT2D eigenvalue weighted by Gasteiger charge is 2.37. The Hall–Kier alpha value is -3.30. The summed E-state index contributed by atoms with van der Waals surface area (Å²) >= 11 is 0. The van der Waals surface area contributed by atoms with Gasteiger partial charge in [-0.25, -0.2) is 4.79 Å². The van der Waals surface area contributed by atoms with Gasteiger partial charge in [-0.05, 0) is 25.0 Å². The molecule has 10 heteroatoms. The van der Waals surface area contributed by atoms with E-state index in [-0.39, 0.29) is 31.6 Å². The minimum atomic E-state index is -1.12. The van der Waals surface area contributed by atoms with E-state index in [0.29, 0.717) is 23.6 Å². The van der Waals surface area contributed by atoms with Crippen molar-refractivity contribution in [2.75, 3.05) is 18.2 Å². The van der Waals surface area contributed by atoms with Crippen molar-refractivity contribution in [1.29, 1.82) is 0 Å². The first-order chi connectivity index (χ1) is 14.7. The van der Waals surface area contributed by atoms with Gasteiger partial charge < -0.3 is 30.1 Å². The number of aliphatic carboxylic acids is 1. The normalized spacial score (nSPS) is 20.2. The van der Waals surface area contributed by atoms with Gasteiger partial charge in [0.05, 0.1) is 5.92 Å². The lowest BCUT2D eigenvalue weighted by Gasteiger charge is -2.23. The Morgan fingerprint density at radius 1 is 1.19 bits per heavy atom. The number of carbonyl (C=O) groups excluding carboxylic acids is 3. The highest BCUT2D eigenvalue weighted by atomic mass is 16.7. The summed E-state index contributed by atoms with van der Waals surface area (Å²) in [6.07, 6.45) is 0.594. The number of carboxylic acids is 1. The minimum absolute atomic E-state index is 0.0131. The first kappa shape index (κ1) is 22.4. The van der Waals surface area contributed by atoms with Crippen molar-refractivity contribution in [3.63, 3.8) is 0 Å². The van der Waals surface area contributed by atoms with Crippen LogP contribution in [0.25, 0.3) is 0 Å². The third kappa shape index (κ3) is 4.89. The molecule has 2 aliphatic rings. The molecule has 4 atom stereocenters. The maximum Gasteiger partial charge on any atom is 0.326 e. The molecule has 1 fully saturated rings. The van der Waals surface area contributed by atoms with Crippen molar-refractivity contribution in [2.45, 2.75) is 45.7 Å². The average molecular weight is 433 g/mol. The first-order valence-electron chi connectivity index (χ1n) is 10.2. The molecule has 0 aliphatic carbocycles. The fraction of sp³-hybridized carbons (Fsp3) is 0.524. The number of anilines is 1. The maximum atomic E-state index is 12.6. The molecule has 2 aliphatic heterocycles. The number of benzene rings is 1. The van der Waals surface area contributed by atoms with Crippen molar-refractivity contribution in [3.8, 4) is 11.5 Å². The minimum Gasteiger partial charge on any atom is -0.480 e. The van der Waals surface area contributed by atoms with Gasteiger partial charge in [0.25, 0.3) is 0 Å². The molecule has 0 spiro atoms. The van der Waals surface area contributed by atoms with Gasteiger partial charge in [0.15, 0.2) is 11.5 Å². The summed E-state index contributed by atoms with van der Waals surface area (Å²) in [5.74, 6) is -2.10. The summed E-state index contributed by atoms with van der Waals surface area (Å²) < 4.78 is 10.6. The summed E-state index contributed by atoms with van der Waals surface area (Å²) in [6, 6.07) is 3.15. The first-order valence-corrected chi connectivity index (χ1v) is 10.2. The quantitative estimate of drug-likeness (QED) is 0.554. The van der Waals surface area contributed by atoms with Crippen LogP contribution in [0.15, 0.2) is 18.2 Å². The molecule has 0 saturated carbocycles. The van der Waals surface area contributed by atoms with E-state index in [1.165, 1.54) is 11.8 Å². The zero-order valence-electron chi connectivity index (χ0n) is 17.7. The molecule has 0 bridgehead atoms. The van der Waals surface area contributed by atoms with Crippen LogP contribution in [0.5, 0.6) is 11.5 Å². The number of rotatable bonds is 8. The Morgan fingerprint density at radius 3 is 2.58 bits per heavy atom. The predicted octanol–water partition coefficient (Wildman–Crippen LogP) is 0.888. The van der Waals surface area contributed by atoms with Crippen molar-refractivity contribution >= 4 is 29.4 Å². The Labute approximate surface area is 179 Å². The smallest absolute Gasteiger partial charge is 0.326 e. The van der Waals surface area contributed by atoms with E-state index in [1.54, 1.807) is 25.1 Å². The van der Waals surface area contributed by atoms with Crippen LogP contribution in [0.4, 0.5) is 5.69 Å². The second kappa shape index (κ2) is 9.23. The molecular formula is C21H27N3O7. The number of carboxylic acid groups (broad SMARTS) is 1. The molecule has 4 unspecified atom stereocenters. The van der Waals surface area contributed by atoms with Gasteiger partial charge in [0, 0.05) is 24.7 Å². The molecule has 3 N–H and O–H groups in total. The van der Waals surface area contributed by atoms with Crippen molar-refractivity contribution in [1.82, 2.24) is 10.6 Å². The largest absolute Gasteiger partial charge is 0.480 e. The highest BCUT2D eigenvalue weighted by Crippen LogP contribution is 2.37. The van der Waals surface area contributed by atoms with Gasteiger partial charge in [-0.2, -0.15) is 0 Å². The lowest BCUT2D eigenvalue weighted by Crippen LogP contribution is -2.53. The summed E-state index contributed by atoms with van der Waals surface area (Å²) in [4.78, 5) is 50.4. The summed E-state index contributed by atoms with van der Waals surface area (Å²) in [5, 5.41) is 14.4. The molecule has 0 aromatic heterocycles. The van der Waals surface area contributed by atoms with E-state index in [2.05, 4.69) is 10.6 Å². The number of nitrogens with zero attached hydrogens (tertiary/aromatic N) is 1. The second-order valence-electron chi connectivity index (χ2n) is 7.88. The van der Waals surface area contributed by atoms with Gasteiger partial charge >= 0.3 is 5.97 Å². The van der Waals surface area contributed by atoms with Crippen molar-refractivity contribution in [3.05, 3.63) is 18.2 Å². The Kier molecular flexibility index (Phi) is 6.67. The van der Waals surface area contributed by atoms with Gasteiger partial charge in [-0.15, -0.1) is 0 Å². The second-order valence-corrected chi connectivity index (χ2v) is 7.88. The maximum absolute atomic E-state index is 12.6. The lowest BCUT2D eigenvalue weighted by atomic mass is 9.99. The molecule has 10 nitrogen and oxygen atoms in total. The van der Waals surface area contributed by atoms with E-state index in [0.717, 1.165) is 0 Å². The van der Waals surface area contributed by atoms with Gasteiger partial charge in [0.2, 0.25) is 24.5 Å². The zero-order valence-corrected chi connectivity index (χ0v) is 17.7. The van der Waals surface area contributed by atoms with Gasteiger partial charge in [0.1, 0.15) is 12.1 Å². The van der Waals surface area contributed by atoms with Gasteiger partial charge in [-0.1, -0.05) is 20.3 Å². The van der Waals surface area contributed by atoms with E-state index >= 15 is 0 Å². The molecule has 3 rings (SSSR count). The predicted molar refractivity (Wildman–Crippen MR) is 110 cm³/mol. The van der Waals surface area contributed by atoms with E-state index in [9.17, 15) is 24.3 Å². The topological polar surface area (TPSA) is 134 Å². The molecule has 168 valence electrons. The van der Waals surface area contributed by atoms with Crippen molar-refractivity contribution < 1.29 is 33.8 Å². The monoisotopic (exact) mass is 433 g/mol. The molecule has 1 aromatic carbocycles. The average Bonchev–Trinajstić information content (AvgIpc) is 3.36. The highest BCUT2D eigenvalue weighted by molar-refractivity contribution is 6.01. The van der Waals surface area contributed by atoms with Crippen LogP contribution in [0.2, 0.25) is 0 Å². The fourth-order valence-electron chi connectivity index (χ4n) is 3.54. The molecule has 1 saturated heterocycles. The molecule has 0 radical (unpaired) electrons. The van der Waals surface area contributed by atoms with Gasteiger partial charge in [-0.3, -0.25) is 14.4 Å². The van der Waals surface area contributed by atoms with Crippen LogP contribution in [-0.4, -0.2) is 54.2 Å². The third-order valence-electron chi connectivity index (χ3n) is 5.69. The van der Waals surface area contributed by atoms with Crippen LogP contribution in [-0.2, 0) is 19.2 Å². The van der Waals surface area contributed by atoms with E-state index in [4.69, 9.17) is 9.47 Å². The number of nitrogens with one attached hydrogen (secondary N) is 2. The number of fused-ring (bicyclic) bond motifs is 1. The number of ether oxygens (including phenoxy) is 2. The van der Waals surface area contributed by atoms with Crippen molar-refractivity contribution in [2.24, 2.45) is 11.8 Å². The fourth-order valence-corrected chi connectivity index (χ4v) is 3.54. The SMILES string of the molecule is CCC(C)C(NC(=O)C(C)NC(=O)C1CC(=O)N(c2ccc3c(c2)OCO3)C1)C(=O)O. The summed E-state index contributed by atoms with van der Waals surface area (Å²) in [6.45, 7) is 5.34. The number of hydrogen-bond acceptors (Lipinski definition) is 6. The van der Waals surface area contributed by atoms with Crippen LogP contribution in [0, 0.1) is 11.8 Å². The lowest BCUT2D eigenvalue weighted by molar-refractivity contribution is -0.143. The van der Waals surface area contributed by atoms with E-state index in [1.807, 2.05) is 6.92 Å². The molecular weight excluding hydrogens is 406 g/mol. The summed E-state index contributed by atoms with van der Waals surface area (Å²) in [5.41, 5.74) is 0.605. The van der Waals surface area contributed by atoms with Crippen LogP contribution >= 0.6 is 0 Å². The molecule has 31 heavy (non-hydrogen) atoms. The Morgan fingerprint density at radius 2 is 1.90 bits per heavy atom. The molecule has 1 aromatic rings. The number of hydrogen-bond donors (Lipinski definition) is 3. The number of carbonyl (C=O) groups is 4. The number of amides is 3. The summed E-state index contributed by atoms with van der Waals surface area (Å²) in [7, 11) is 0. The van der Waals surface area contributed by atoms with Crippen LogP contribution in [0.3, 0.4) is 0 Å². The third-order valence-corrected chi connectivity index (χ3v) is 5.69. The standard InChI is InChI=1S/C21H27N3O7/c1-4-11(2)18(21(28)29)23-19(26)12(3)22-20(27)13-7-17(25)24(9-13)14-5-6-15-16(8-14)31-10-30-15/h5-6,8,11-13,18H,4,7,9-10H2,1-3H3,(H,22,27)(H,23,26)(H,28,29).